The number of unbranched alkanes of at least 4 members (excludes halogenated alkanes) is 6. The molecule has 0 saturated carbocycles. The van der Waals surface area contributed by atoms with Gasteiger partial charge in [-0.3, -0.25) is 4.79 Å². The summed E-state index contributed by atoms with van der Waals surface area (Å²) in [5, 5.41) is 19.5. The molecule has 0 aliphatic heterocycles. The molecule has 0 fully saturated rings. The van der Waals surface area contributed by atoms with Gasteiger partial charge in [0.05, 0.1) is 12.9 Å². The zero-order valence-corrected chi connectivity index (χ0v) is 15.6. The highest BCUT2D eigenvalue weighted by Gasteiger charge is 2.05. The third kappa shape index (κ3) is 9.18. The molecule has 0 amide bonds. The van der Waals surface area contributed by atoms with E-state index in [1.807, 2.05) is 0 Å². The van der Waals surface area contributed by atoms with Gasteiger partial charge in [-0.15, -0.1) is 0 Å². The number of allylic oxidation sites excluding steroid dienone is 2. The summed E-state index contributed by atoms with van der Waals surface area (Å²) in [5.74, 6) is 0.612. The number of aromatic hydroxyl groups is 1. The Hall–Kier alpha value is -1.97. The Labute approximate surface area is 151 Å². The number of ether oxygens (including phenoxy) is 1. The molecule has 140 valence electrons. The van der Waals surface area contributed by atoms with Gasteiger partial charge in [0.25, 0.3) is 0 Å². The van der Waals surface area contributed by atoms with E-state index in [0.717, 1.165) is 18.4 Å². The third-order valence-corrected chi connectivity index (χ3v) is 4.27. The van der Waals surface area contributed by atoms with Gasteiger partial charge < -0.3 is 14.9 Å². The lowest BCUT2D eigenvalue weighted by Crippen LogP contribution is -1.97. The Balaban J connectivity index is 2.27. The topological polar surface area (TPSA) is 66.8 Å². The Bertz CT molecular complexity index is 549. The average molecular weight is 348 g/mol. The number of aliphatic hydroxyl groups is 1. The van der Waals surface area contributed by atoms with Gasteiger partial charge in [0.15, 0.2) is 17.3 Å². The first-order valence-corrected chi connectivity index (χ1v) is 9.35. The van der Waals surface area contributed by atoms with E-state index in [9.17, 15) is 15.0 Å². The number of aryl methyl sites for hydroxylation is 1. The van der Waals surface area contributed by atoms with E-state index < -0.39 is 0 Å². The van der Waals surface area contributed by atoms with Crippen molar-refractivity contribution in [2.45, 2.75) is 71.1 Å². The summed E-state index contributed by atoms with van der Waals surface area (Å²) in [4.78, 5) is 11.9. The van der Waals surface area contributed by atoms with Crippen LogP contribution in [0.5, 0.6) is 11.5 Å². The summed E-state index contributed by atoms with van der Waals surface area (Å²) in [5.41, 5.74) is 0.939. The van der Waals surface area contributed by atoms with Crippen molar-refractivity contribution >= 4 is 5.78 Å². The molecule has 4 heteroatoms. The molecule has 0 aliphatic carbocycles. The molecule has 0 unspecified atom stereocenters. The van der Waals surface area contributed by atoms with Crippen LogP contribution in [0.15, 0.2) is 30.0 Å². The van der Waals surface area contributed by atoms with Crippen molar-refractivity contribution in [3.63, 3.8) is 0 Å². The molecule has 0 atom stereocenters. The third-order valence-electron chi connectivity index (χ3n) is 4.27. The fourth-order valence-electron chi connectivity index (χ4n) is 2.74. The molecule has 0 heterocycles. The quantitative estimate of drug-likeness (QED) is 0.281. The van der Waals surface area contributed by atoms with Crippen LogP contribution in [-0.4, -0.2) is 23.1 Å². The zero-order valence-electron chi connectivity index (χ0n) is 15.6. The second-order valence-electron chi connectivity index (χ2n) is 6.48. The zero-order chi connectivity index (χ0) is 18.5. The van der Waals surface area contributed by atoms with Crippen molar-refractivity contribution in [3.05, 3.63) is 35.6 Å². The van der Waals surface area contributed by atoms with Gasteiger partial charge >= 0.3 is 0 Å². The van der Waals surface area contributed by atoms with Crippen molar-refractivity contribution in [1.29, 1.82) is 0 Å². The number of phenolic OH excluding ortho intramolecular Hbond substituents is 1. The Morgan fingerprint density at radius 3 is 2.44 bits per heavy atom. The highest BCUT2D eigenvalue weighted by Crippen LogP contribution is 2.27. The Morgan fingerprint density at radius 1 is 1.08 bits per heavy atom. The summed E-state index contributed by atoms with van der Waals surface area (Å²) in [6, 6.07) is 5.09. The van der Waals surface area contributed by atoms with Crippen LogP contribution in [0.3, 0.4) is 0 Å². The fourth-order valence-corrected chi connectivity index (χ4v) is 2.74. The number of ketones is 1. The molecule has 4 nitrogen and oxygen atoms in total. The number of carbonyl (C=O) groups is 1. The van der Waals surface area contributed by atoms with Crippen LogP contribution in [0.2, 0.25) is 0 Å². The fraction of sp³-hybridized carbons (Fsp3) is 0.571. The minimum absolute atomic E-state index is 0.00524. The standard InChI is InChI=1S/C21H32O4/c1-3-4-5-6-7-8-9-10-18(22)16-19(23)13-11-17-12-14-20(24)21(15-17)25-2/h12,14-16,23-24H,3-11,13H2,1-2H3/b19-16-. The summed E-state index contributed by atoms with van der Waals surface area (Å²) in [6.07, 6.45) is 11.1. The number of methoxy groups -OCH3 is 1. The number of phenols is 1. The maximum absolute atomic E-state index is 11.9. The van der Waals surface area contributed by atoms with E-state index >= 15 is 0 Å². The van der Waals surface area contributed by atoms with E-state index in [0.29, 0.717) is 25.0 Å². The molecule has 0 radical (unpaired) electrons. The largest absolute Gasteiger partial charge is 0.512 e. The van der Waals surface area contributed by atoms with Crippen LogP contribution in [-0.2, 0) is 11.2 Å². The summed E-state index contributed by atoms with van der Waals surface area (Å²) in [7, 11) is 1.50. The SMILES string of the molecule is CCCCCCCCCC(=O)/C=C(\O)CCc1ccc(O)c(OC)c1. The maximum Gasteiger partial charge on any atom is 0.160 e. The molecule has 0 saturated heterocycles. The second kappa shape index (κ2) is 12.4. The smallest absolute Gasteiger partial charge is 0.160 e. The minimum Gasteiger partial charge on any atom is -0.512 e. The van der Waals surface area contributed by atoms with E-state index in [1.165, 1.54) is 45.3 Å². The number of hydrogen-bond acceptors (Lipinski definition) is 4. The van der Waals surface area contributed by atoms with Crippen molar-refractivity contribution in [2.75, 3.05) is 7.11 Å². The molecule has 0 bridgehead atoms. The molecule has 1 rings (SSSR count). The van der Waals surface area contributed by atoms with Crippen molar-refractivity contribution < 1.29 is 19.7 Å². The monoisotopic (exact) mass is 348 g/mol. The normalized spacial score (nSPS) is 11.5. The van der Waals surface area contributed by atoms with Crippen molar-refractivity contribution in [3.8, 4) is 11.5 Å². The van der Waals surface area contributed by atoms with E-state index in [1.54, 1.807) is 18.2 Å². The van der Waals surface area contributed by atoms with E-state index in [-0.39, 0.29) is 17.3 Å². The molecule has 25 heavy (non-hydrogen) atoms. The first-order chi connectivity index (χ1) is 12.1. The highest BCUT2D eigenvalue weighted by atomic mass is 16.5. The van der Waals surface area contributed by atoms with Gasteiger partial charge in [-0.25, -0.2) is 0 Å². The Morgan fingerprint density at radius 2 is 1.76 bits per heavy atom. The predicted molar refractivity (Wildman–Crippen MR) is 101 cm³/mol. The van der Waals surface area contributed by atoms with Crippen LogP contribution >= 0.6 is 0 Å². The minimum atomic E-state index is -0.00524. The first kappa shape index (κ1) is 21.1. The predicted octanol–water partition coefficient (Wildman–Crippen LogP) is 5.49. The van der Waals surface area contributed by atoms with Gasteiger partial charge in [0.2, 0.25) is 0 Å². The molecule has 2 N–H and O–H groups in total. The van der Waals surface area contributed by atoms with Crippen LogP contribution in [0, 0.1) is 0 Å². The number of benzene rings is 1. The number of hydrogen-bond donors (Lipinski definition) is 2. The molecule has 0 spiro atoms. The molecular weight excluding hydrogens is 316 g/mol. The van der Waals surface area contributed by atoms with Crippen molar-refractivity contribution in [2.24, 2.45) is 0 Å². The lowest BCUT2D eigenvalue weighted by Gasteiger charge is -2.06. The van der Waals surface area contributed by atoms with Crippen LogP contribution in [0.25, 0.3) is 0 Å². The number of rotatable bonds is 13. The van der Waals surface area contributed by atoms with E-state index in [4.69, 9.17) is 4.74 Å². The maximum atomic E-state index is 11.9. The lowest BCUT2D eigenvalue weighted by atomic mass is 10.1. The second-order valence-corrected chi connectivity index (χ2v) is 6.48. The highest BCUT2D eigenvalue weighted by molar-refractivity contribution is 5.89. The van der Waals surface area contributed by atoms with Gasteiger partial charge in [0, 0.05) is 18.9 Å². The van der Waals surface area contributed by atoms with E-state index in [2.05, 4.69) is 6.92 Å². The summed E-state index contributed by atoms with van der Waals surface area (Å²) in [6.45, 7) is 2.20. The number of carbonyl (C=O) groups excluding carboxylic acids is 1. The van der Waals surface area contributed by atoms with Crippen molar-refractivity contribution in [1.82, 2.24) is 0 Å². The van der Waals surface area contributed by atoms with Gasteiger partial charge in [-0.1, -0.05) is 51.5 Å². The lowest BCUT2D eigenvalue weighted by molar-refractivity contribution is -0.114. The first-order valence-electron chi connectivity index (χ1n) is 9.35. The summed E-state index contributed by atoms with van der Waals surface area (Å²) < 4.78 is 5.06. The van der Waals surface area contributed by atoms with Gasteiger partial charge in [-0.05, 0) is 30.5 Å². The van der Waals surface area contributed by atoms with Crippen LogP contribution in [0.1, 0.15) is 70.3 Å². The van der Waals surface area contributed by atoms with Gasteiger partial charge in [0.1, 0.15) is 0 Å². The molecule has 0 aromatic heterocycles. The Kier molecular flexibility index (Phi) is 10.5. The van der Waals surface area contributed by atoms with Crippen LogP contribution < -0.4 is 4.74 Å². The molecule has 1 aromatic carbocycles. The molecule has 1 aromatic rings. The number of aliphatic hydroxyl groups excluding tert-OH is 1. The van der Waals surface area contributed by atoms with Crippen LogP contribution in [0.4, 0.5) is 0 Å². The molecule has 0 aliphatic rings. The average Bonchev–Trinajstić information content (AvgIpc) is 2.60. The summed E-state index contributed by atoms with van der Waals surface area (Å²) >= 11 is 0. The van der Waals surface area contributed by atoms with Gasteiger partial charge in [-0.2, -0.15) is 0 Å². The molecular formula is C21H32O4.